The van der Waals surface area contributed by atoms with E-state index in [2.05, 4.69) is 33.7 Å². The van der Waals surface area contributed by atoms with E-state index in [1.807, 2.05) is 0 Å². The molecular weight excluding hydrogens is 250 g/mol. The van der Waals surface area contributed by atoms with Gasteiger partial charge in [0.1, 0.15) is 11.3 Å². The summed E-state index contributed by atoms with van der Waals surface area (Å²) >= 11 is 0. The van der Waals surface area contributed by atoms with E-state index in [1.165, 1.54) is 12.8 Å². The van der Waals surface area contributed by atoms with Crippen molar-refractivity contribution < 1.29 is 0 Å². The van der Waals surface area contributed by atoms with Gasteiger partial charge in [0, 0.05) is 19.5 Å². The Kier molecular flexibility index (Phi) is 3.85. The van der Waals surface area contributed by atoms with Gasteiger partial charge < -0.3 is 9.88 Å². The molecule has 0 radical (unpaired) electrons. The van der Waals surface area contributed by atoms with Crippen molar-refractivity contribution in [3.8, 4) is 0 Å². The predicted molar refractivity (Wildman–Crippen MR) is 81.1 cm³/mol. The molecule has 0 unspecified atom stereocenters. The van der Waals surface area contributed by atoms with Crippen molar-refractivity contribution in [2.75, 3.05) is 18.0 Å². The molecule has 5 heteroatoms. The minimum Gasteiger partial charge on any atom is -0.341 e. The first-order valence-electron chi connectivity index (χ1n) is 7.82. The largest absolute Gasteiger partial charge is 0.341 e. The summed E-state index contributed by atoms with van der Waals surface area (Å²) in [6.07, 6.45) is 6.62. The number of hydrogen-bond acceptors (Lipinski definition) is 4. The first-order chi connectivity index (χ1) is 9.81. The quantitative estimate of drug-likeness (QED) is 0.910. The van der Waals surface area contributed by atoms with Crippen molar-refractivity contribution in [2.45, 2.75) is 52.4 Å². The van der Waals surface area contributed by atoms with Crippen molar-refractivity contribution in [3.05, 3.63) is 11.5 Å². The lowest BCUT2D eigenvalue weighted by Crippen LogP contribution is -2.21. The van der Waals surface area contributed by atoms with Gasteiger partial charge in [0.15, 0.2) is 5.65 Å². The molecule has 2 aromatic rings. The smallest absolute Gasteiger partial charge is 0.227 e. The number of hydrogen-bond donors (Lipinski definition) is 1. The Labute approximate surface area is 119 Å². The van der Waals surface area contributed by atoms with E-state index in [9.17, 15) is 0 Å². The summed E-state index contributed by atoms with van der Waals surface area (Å²) in [7, 11) is 0. The van der Waals surface area contributed by atoms with Crippen molar-refractivity contribution in [1.29, 1.82) is 0 Å². The van der Waals surface area contributed by atoms with E-state index in [-0.39, 0.29) is 0 Å². The maximum absolute atomic E-state index is 4.79. The fourth-order valence-corrected chi connectivity index (χ4v) is 2.82. The summed E-state index contributed by atoms with van der Waals surface area (Å²) in [5.74, 6) is 1.90. The second kappa shape index (κ2) is 5.77. The number of rotatable bonds is 5. The van der Waals surface area contributed by atoms with Crippen LogP contribution in [0.2, 0.25) is 0 Å². The topological polar surface area (TPSA) is 57.7 Å². The van der Waals surface area contributed by atoms with Crippen molar-refractivity contribution in [2.24, 2.45) is 0 Å². The molecule has 1 saturated heterocycles. The molecule has 1 fully saturated rings. The molecule has 0 spiro atoms. The highest BCUT2D eigenvalue weighted by molar-refractivity contribution is 5.75. The molecule has 5 nitrogen and oxygen atoms in total. The summed E-state index contributed by atoms with van der Waals surface area (Å²) in [4.78, 5) is 19.8. The van der Waals surface area contributed by atoms with E-state index >= 15 is 0 Å². The highest BCUT2D eigenvalue weighted by Crippen LogP contribution is 2.22. The minimum absolute atomic E-state index is 0.841. The molecule has 108 valence electrons. The lowest BCUT2D eigenvalue weighted by atomic mass is 10.2. The van der Waals surface area contributed by atoms with Crippen LogP contribution in [0.15, 0.2) is 0 Å². The Balaban J connectivity index is 2.04. The van der Waals surface area contributed by atoms with Crippen LogP contribution in [0.1, 0.15) is 51.0 Å². The van der Waals surface area contributed by atoms with Crippen LogP contribution in [-0.2, 0) is 12.8 Å². The summed E-state index contributed by atoms with van der Waals surface area (Å²) in [5, 5.41) is 0. The number of aryl methyl sites for hydroxylation is 2. The molecule has 0 aromatic carbocycles. The van der Waals surface area contributed by atoms with Gasteiger partial charge >= 0.3 is 0 Å². The van der Waals surface area contributed by atoms with Crippen molar-refractivity contribution in [3.63, 3.8) is 0 Å². The molecule has 0 amide bonds. The molecule has 1 aliphatic heterocycles. The van der Waals surface area contributed by atoms with Gasteiger partial charge in [-0.15, -0.1) is 0 Å². The summed E-state index contributed by atoms with van der Waals surface area (Å²) < 4.78 is 0. The summed E-state index contributed by atoms with van der Waals surface area (Å²) in [5.41, 5.74) is 3.00. The van der Waals surface area contributed by atoms with E-state index in [4.69, 9.17) is 4.98 Å². The molecular formula is C15H23N5. The fraction of sp³-hybridized carbons (Fsp3) is 0.667. The van der Waals surface area contributed by atoms with E-state index in [1.54, 1.807) is 0 Å². The number of nitrogens with zero attached hydrogens (tertiary/aromatic N) is 4. The van der Waals surface area contributed by atoms with Crippen molar-refractivity contribution >= 4 is 17.1 Å². The number of fused-ring (bicyclic) bond motifs is 1. The number of anilines is 1. The van der Waals surface area contributed by atoms with E-state index in [0.717, 1.165) is 67.4 Å². The monoisotopic (exact) mass is 273 g/mol. The number of aromatic amines is 1. The van der Waals surface area contributed by atoms with Crippen LogP contribution in [0.3, 0.4) is 0 Å². The second-order valence-corrected chi connectivity index (χ2v) is 5.55. The molecule has 20 heavy (non-hydrogen) atoms. The molecule has 0 bridgehead atoms. The zero-order valence-electron chi connectivity index (χ0n) is 12.4. The molecule has 2 aromatic heterocycles. The first-order valence-corrected chi connectivity index (χ1v) is 7.82. The van der Waals surface area contributed by atoms with E-state index < -0.39 is 0 Å². The number of imidazole rings is 1. The molecule has 0 saturated carbocycles. The van der Waals surface area contributed by atoms with Crippen LogP contribution < -0.4 is 4.90 Å². The van der Waals surface area contributed by atoms with Gasteiger partial charge in [-0.05, 0) is 25.7 Å². The number of H-pyrrole nitrogens is 1. The van der Waals surface area contributed by atoms with Crippen LogP contribution in [0.4, 0.5) is 5.95 Å². The average Bonchev–Trinajstić information content (AvgIpc) is 3.07. The minimum atomic E-state index is 0.841. The van der Waals surface area contributed by atoms with Gasteiger partial charge in [-0.3, -0.25) is 0 Å². The second-order valence-electron chi connectivity index (χ2n) is 5.55. The predicted octanol–water partition coefficient (Wildman–Crippen LogP) is 2.86. The molecule has 1 N–H and O–H groups in total. The maximum Gasteiger partial charge on any atom is 0.227 e. The molecule has 3 rings (SSSR count). The van der Waals surface area contributed by atoms with Crippen LogP contribution in [-0.4, -0.2) is 33.0 Å². The van der Waals surface area contributed by atoms with Crippen LogP contribution >= 0.6 is 0 Å². The van der Waals surface area contributed by atoms with Gasteiger partial charge in [0.2, 0.25) is 5.95 Å². The highest BCUT2D eigenvalue weighted by Gasteiger charge is 2.18. The Morgan fingerprint density at radius 3 is 2.45 bits per heavy atom. The van der Waals surface area contributed by atoms with Gasteiger partial charge in [-0.1, -0.05) is 20.3 Å². The Morgan fingerprint density at radius 2 is 1.75 bits per heavy atom. The Morgan fingerprint density at radius 1 is 1.00 bits per heavy atom. The van der Waals surface area contributed by atoms with Crippen LogP contribution in [0.25, 0.3) is 11.2 Å². The van der Waals surface area contributed by atoms with E-state index in [0.29, 0.717) is 0 Å². The third kappa shape index (κ3) is 2.49. The number of aromatic nitrogens is 4. The molecule has 0 atom stereocenters. The fourth-order valence-electron chi connectivity index (χ4n) is 2.82. The van der Waals surface area contributed by atoms with Gasteiger partial charge in [0.05, 0.1) is 5.69 Å². The summed E-state index contributed by atoms with van der Waals surface area (Å²) in [6.45, 7) is 6.50. The zero-order valence-corrected chi connectivity index (χ0v) is 12.4. The summed E-state index contributed by atoms with van der Waals surface area (Å²) in [6, 6.07) is 0. The van der Waals surface area contributed by atoms with Gasteiger partial charge in [-0.2, -0.15) is 4.98 Å². The lowest BCUT2D eigenvalue weighted by molar-refractivity contribution is 0.848. The standard InChI is InChI=1S/C15H23N5/c1-3-7-11-13-14(18-12(17-13)8-4-2)19-15(16-11)20-9-5-6-10-20/h3-10H2,1-2H3,(H,16,17,18,19). The SMILES string of the molecule is CCCc1nc2nc(N3CCCC3)nc(CCC)c2[nH]1. The number of nitrogens with one attached hydrogen (secondary N) is 1. The van der Waals surface area contributed by atoms with Crippen LogP contribution in [0.5, 0.6) is 0 Å². The molecule has 0 aliphatic carbocycles. The third-order valence-corrected chi connectivity index (χ3v) is 3.83. The molecule has 3 heterocycles. The van der Waals surface area contributed by atoms with Crippen molar-refractivity contribution in [1.82, 2.24) is 19.9 Å². The molecule has 1 aliphatic rings. The Bertz CT molecular complexity index is 583. The first kappa shape index (κ1) is 13.3. The van der Waals surface area contributed by atoms with Gasteiger partial charge in [-0.25, -0.2) is 9.97 Å². The van der Waals surface area contributed by atoms with Crippen LogP contribution in [0, 0.1) is 0 Å². The maximum atomic E-state index is 4.79. The average molecular weight is 273 g/mol. The Hall–Kier alpha value is -1.65. The highest BCUT2D eigenvalue weighted by atomic mass is 15.3. The normalized spacial score (nSPS) is 15.4. The third-order valence-electron chi connectivity index (χ3n) is 3.83. The zero-order chi connectivity index (χ0) is 13.9. The lowest BCUT2D eigenvalue weighted by Gasteiger charge is -2.15. The van der Waals surface area contributed by atoms with Gasteiger partial charge in [0.25, 0.3) is 0 Å².